The molecule has 0 spiro atoms. The summed E-state index contributed by atoms with van der Waals surface area (Å²) in [5.41, 5.74) is 1.87. The average Bonchev–Trinajstić information content (AvgIpc) is 2.49. The van der Waals surface area contributed by atoms with Gasteiger partial charge in [-0.3, -0.25) is 15.0 Å². The molecule has 1 aromatic rings. The molecule has 6 heteroatoms. The molecule has 1 atom stereocenters. The Hall–Kier alpha value is -1.27. The summed E-state index contributed by atoms with van der Waals surface area (Å²) in [6.07, 6.45) is 1.18. The van der Waals surface area contributed by atoms with Crippen molar-refractivity contribution in [1.29, 1.82) is 0 Å². The minimum Gasteiger partial charge on any atom is -0.380 e. The lowest BCUT2D eigenvalue weighted by Crippen LogP contribution is -2.37. The Balaban J connectivity index is 2.18. The van der Waals surface area contributed by atoms with Crippen LogP contribution in [0.1, 0.15) is 25.8 Å². The van der Waals surface area contributed by atoms with Gasteiger partial charge in [-0.05, 0) is 18.9 Å². The van der Waals surface area contributed by atoms with E-state index in [0.717, 1.165) is 31.0 Å². The monoisotopic (exact) mass is 309 g/mol. The van der Waals surface area contributed by atoms with Crippen LogP contribution in [0.3, 0.4) is 0 Å². The number of hydrogen-bond donors (Lipinski definition) is 1. The van der Waals surface area contributed by atoms with E-state index in [1.54, 1.807) is 12.1 Å². The maximum Gasteiger partial charge on any atom is 0.292 e. The summed E-state index contributed by atoms with van der Waals surface area (Å²) in [5, 5.41) is 15.0. The van der Waals surface area contributed by atoms with Gasteiger partial charge in [0.1, 0.15) is 5.69 Å². The van der Waals surface area contributed by atoms with Gasteiger partial charge in [-0.1, -0.05) is 19.1 Å². The van der Waals surface area contributed by atoms with E-state index in [1.807, 2.05) is 24.8 Å². The van der Waals surface area contributed by atoms with E-state index in [9.17, 15) is 10.1 Å². The number of hydrogen-bond acceptors (Lipinski definition) is 5. The summed E-state index contributed by atoms with van der Waals surface area (Å²) in [7, 11) is 0. The van der Waals surface area contributed by atoms with Crippen LogP contribution in [0.2, 0.25) is 0 Å². The quantitative estimate of drug-likeness (QED) is 0.645. The third-order valence-electron chi connectivity index (χ3n) is 3.75. The molecule has 0 aliphatic carbocycles. The van der Waals surface area contributed by atoms with Crippen molar-refractivity contribution in [3.8, 4) is 0 Å². The Morgan fingerprint density at radius 2 is 2.29 bits per heavy atom. The minimum atomic E-state index is -0.303. The lowest BCUT2D eigenvalue weighted by atomic mass is 10.1. The number of anilines is 1. The Morgan fingerprint density at radius 3 is 2.95 bits per heavy atom. The Kier molecular flexibility index (Phi) is 5.87. The van der Waals surface area contributed by atoms with Crippen LogP contribution >= 0.6 is 11.8 Å². The zero-order valence-corrected chi connectivity index (χ0v) is 13.5. The molecule has 116 valence electrons. The lowest BCUT2D eigenvalue weighted by Gasteiger charge is -2.32. The van der Waals surface area contributed by atoms with E-state index in [4.69, 9.17) is 0 Å². The first-order chi connectivity index (χ1) is 10.2. The SMILES string of the molecule is CCNc1c(CN2CCSC(CC)C2)cccc1[N+](=O)[O-]. The number of nitrogens with zero attached hydrogens (tertiary/aromatic N) is 2. The van der Waals surface area contributed by atoms with Crippen molar-refractivity contribution >= 4 is 23.1 Å². The molecule has 1 heterocycles. The fourth-order valence-electron chi connectivity index (χ4n) is 2.66. The number of rotatable bonds is 6. The van der Waals surface area contributed by atoms with E-state index in [1.165, 1.54) is 6.42 Å². The molecule has 0 aromatic heterocycles. The third kappa shape index (κ3) is 4.11. The number of nitro groups is 1. The predicted molar refractivity (Wildman–Crippen MR) is 89.1 cm³/mol. The molecule has 0 saturated carbocycles. The molecule has 0 bridgehead atoms. The van der Waals surface area contributed by atoms with Crippen molar-refractivity contribution in [2.45, 2.75) is 32.1 Å². The zero-order valence-electron chi connectivity index (χ0n) is 12.7. The summed E-state index contributed by atoms with van der Waals surface area (Å²) in [5.74, 6) is 1.14. The predicted octanol–water partition coefficient (Wildman–Crippen LogP) is 3.35. The molecule has 1 saturated heterocycles. The molecule has 5 nitrogen and oxygen atoms in total. The maximum atomic E-state index is 11.2. The van der Waals surface area contributed by atoms with E-state index in [2.05, 4.69) is 17.1 Å². The van der Waals surface area contributed by atoms with Gasteiger partial charge in [-0.15, -0.1) is 0 Å². The first kappa shape index (κ1) is 16.1. The number of para-hydroxylation sites is 1. The topological polar surface area (TPSA) is 58.4 Å². The van der Waals surface area contributed by atoms with Crippen LogP contribution in [0.15, 0.2) is 18.2 Å². The third-order valence-corrected chi connectivity index (χ3v) is 5.12. The second kappa shape index (κ2) is 7.66. The van der Waals surface area contributed by atoms with Gasteiger partial charge in [0.05, 0.1) is 4.92 Å². The summed E-state index contributed by atoms with van der Waals surface area (Å²) in [6, 6.07) is 5.35. The van der Waals surface area contributed by atoms with E-state index < -0.39 is 0 Å². The molecule has 1 aliphatic rings. The van der Waals surface area contributed by atoms with Crippen LogP contribution in [0.25, 0.3) is 0 Å². The second-order valence-electron chi connectivity index (χ2n) is 5.23. The van der Waals surface area contributed by atoms with Gasteiger partial charge >= 0.3 is 0 Å². The van der Waals surface area contributed by atoms with Crippen molar-refractivity contribution < 1.29 is 4.92 Å². The maximum absolute atomic E-state index is 11.2. The average molecular weight is 309 g/mol. The highest BCUT2D eigenvalue weighted by Crippen LogP contribution is 2.30. The van der Waals surface area contributed by atoms with Gasteiger partial charge in [0.2, 0.25) is 0 Å². The first-order valence-corrected chi connectivity index (χ1v) is 8.54. The minimum absolute atomic E-state index is 0.174. The summed E-state index contributed by atoms with van der Waals surface area (Å²) < 4.78 is 0. The standard InChI is InChI=1S/C15H23N3O2S/c1-3-13-11-17(8-9-21-13)10-12-6-5-7-14(18(19)20)15(12)16-4-2/h5-7,13,16H,3-4,8-11H2,1-2H3. The van der Waals surface area contributed by atoms with Gasteiger partial charge in [0.15, 0.2) is 0 Å². The van der Waals surface area contributed by atoms with Gasteiger partial charge in [0, 0.05) is 43.2 Å². The fraction of sp³-hybridized carbons (Fsp3) is 0.600. The van der Waals surface area contributed by atoms with Crippen LogP contribution in [0.5, 0.6) is 0 Å². The highest BCUT2D eigenvalue weighted by Gasteiger charge is 2.22. The van der Waals surface area contributed by atoms with Crippen molar-refractivity contribution in [1.82, 2.24) is 4.90 Å². The molecule has 21 heavy (non-hydrogen) atoms. The molecule has 1 aliphatic heterocycles. The molecule has 0 amide bonds. The smallest absolute Gasteiger partial charge is 0.292 e. The van der Waals surface area contributed by atoms with Crippen LogP contribution in [-0.2, 0) is 6.54 Å². The molecular formula is C15H23N3O2S. The summed E-state index contributed by atoms with van der Waals surface area (Å²) in [6.45, 7) is 7.76. The molecule has 0 radical (unpaired) electrons. The van der Waals surface area contributed by atoms with Crippen molar-refractivity contribution in [2.24, 2.45) is 0 Å². The summed E-state index contributed by atoms with van der Waals surface area (Å²) >= 11 is 2.03. The van der Waals surface area contributed by atoms with Gasteiger partial charge in [0.25, 0.3) is 5.69 Å². The van der Waals surface area contributed by atoms with E-state index >= 15 is 0 Å². The molecule has 1 fully saturated rings. The zero-order chi connectivity index (χ0) is 15.2. The highest BCUT2D eigenvalue weighted by atomic mass is 32.2. The number of thioether (sulfide) groups is 1. The summed E-state index contributed by atoms with van der Waals surface area (Å²) in [4.78, 5) is 13.3. The van der Waals surface area contributed by atoms with Crippen molar-refractivity contribution in [3.05, 3.63) is 33.9 Å². The van der Waals surface area contributed by atoms with Crippen LogP contribution in [0.4, 0.5) is 11.4 Å². The molecule has 2 rings (SSSR count). The first-order valence-electron chi connectivity index (χ1n) is 7.49. The normalized spacial score (nSPS) is 19.4. The molecule has 1 unspecified atom stereocenters. The van der Waals surface area contributed by atoms with Gasteiger partial charge in [-0.25, -0.2) is 0 Å². The number of nitrogens with one attached hydrogen (secondary N) is 1. The Bertz CT molecular complexity index is 496. The number of nitro benzene ring substituents is 1. The van der Waals surface area contributed by atoms with Gasteiger partial charge in [-0.2, -0.15) is 11.8 Å². The largest absolute Gasteiger partial charge is 0.380 e. The van der Waals surface area contributed by atoms with Crippen LogP contribution in [0, 0.1) is 10.1 Å². The van der Waals surface area contributed by atoms with Crippen LogP contribution < -0.4 is 5.32 Å². The Labute approximate surface area is 130 Å². The lowest BCUT2D eigenvalue weighted by molar-refractivity contribution is -0.384. The molecular weight excluding hydrogens is 286 g/mol. The van der Waals surface area contributed by atoms with E-state index in [0.29, 0.717) is 17.5 Å². The Morgan fingerprint density at radius 1 is 1.48 bits per heavy atom. The van der Waals surface area contributed by atoms with Crippen LogP contribution in [-0.4, -0.2) is 40.5 Å². The molecule has 1 N–H and O–H groups in total. The van der Waals surface area contributed by atoms with Crippen molar-refractivity contribution in [3.63, 3.8) is 0 Å². The number of benzene rings is 1. The van der Waals surface area contributed by atoms with E-state index in [-0.39, 0.29) is 10.6 Å². The van der Waals surface area contributed by atoms with Crippen molar-refractivity contribution in [2.75, 3.05) is 30.7 Å². The molecule has 1 aromatic carbocycles. The fourth-order valence-corrected chi connectivity index (χ4v) is 3.91. The highest BCUT2D eigenvalue weighted by molar-refractivity contribution is 8.00. The van der Waals surface area contributed by atoms with Gasteiger partial charge < -0.3 is 5.32 Å². The second-order valence-corrected chi connectivity index (χ2v) is 6.64.